The van der Waals surface area contributed by atoms with E-state index in [9.17, 15) is 0 Å². The van der Waals surface area contributed by atoms with E-state index in [1.165, 1.54) is 49.9 Å². The van der Waals surface area contributed by atoms with E-state index in [4.69, 9.17) is 0 Å². The van der Waals surface area contributed by atoms with E-state index in [1.54, 1.807) is 0 Å². The molecule has 1 heterocycles. The van der Waals surface area contributed by atoms with Crippen LogP contribution >= 0.6 is 0 Å². The summed E-state index contributed by atoms with van der Waals surface area (Å²) in [5.41, 5.74) is 2.88. The van der Waals surface area contributed by atoms with Crippen LogP contribution in [-0.2, 0) is 13.1 Å². The normalized spacial score (nSPS) is 20.8. The zero-order valence-corrected chi connectivity index (χ0v) is 13.2. The second kappa shape index (κ2) is 8.43. The van der Waals surface area contributed by atoms with Gasteiger partial charge in [-0.25, -0.2) is 0 Å². The molecule has 2 rings (SSSR count). The summed E-state index contributed by atoms with van der Waals surface area (Å²) in [6.07, 6.45) is 5.53. The third kappa shape index (κ3) is 4.92. The summed E-state index contributed by atoms with van der Waals surface area (Å²) in [7, 11) is 0. The van der Waals surface area contributed by atoms with Crippen LogP contribution in [0.25, 0.3) is 0 Å². The molecule has 0 radical (unpaired) electrons. The molecule has 0 amide bonds. The second-order valence-corrected chi connectivity index (χ2v) is 6.08. The Kier molecular flexibility index (Phi) is 6.55. The number of nitrogens with zero attached hydrogens (tertiary/aromatic N) is 1. The molecule has 2 heteroatoms. The van der Waals surface area contributed by atoms with Crippen LogP contribution in [0.1, 0.15) is 50.7 Å². The summed E-state index contributed by atoms with van der Waals surface area (Å²) in [5, 5.41) is 3.41. The lowest BCUT2D eigenvalue weighted by Crippen LogP contribution is -2.24. The molecule has 1 aromatic rings. The average molecular weight is 274 g/mol. The van der Waals surface area contributed by atoms with Gasteiger partial charge in [0.05, 0.1) is 0 Å². The summed E-state index contributed by atoms with van der Waals surface area (Å²) in [5.74, 6) is 0.958. The van der Waals surface area contributed by atoms with E-state index in [2.05, 4.69) is 48.3 Å². The first kappa shape index (κ1) is 15.5. The van der Waals surface area contributed by atoms with E-state index in [1.807, 2.05) is 0 Å². The van der Waals surface area contributed by atoms with E-state index >= 15 is 0 Å². The highest BCUT2D eigenvalue weighted by Gasteiger charge is 2.15. The van der Waals surface area contributed by atoms with Crippen LogP contribution in [0.3, 0.4) is 0 Å². The zero-order chi connectivity index (χ0) is 14.2. The smallest absolute Gasteiger partial charge is 0.0233 e. The number of nitrogens with one attached hydrogen (secondary N) is 1. The first-order valence-electron chi connectivity index (χ1n) is 8.32. The molecule has 0 aromatic heterocycles. The molecule has 2 nitrogen and oxygen atoms in total. The predicted octanol–water partition coefficient (Wildman–Crippen LogP) is 3.81. The van der Waals surface area contributed by atoms with Gasteiger partial charge in [-0.1, -0.05) is 44.5 Å². The third-order valence-corrected chi connectivity index (χ3v) is 4.49. The van der Waals surface area contributed by atoms with Gasteiger partial charge in [-0.15, -0.1) is 0 Å². The minimum Gasteiger partial charge on any atom is -0.313 e. The molecule has 20 heavy (non-hydrogen) atoms. The number of hydrogen-bond donors (Lipinski definition) is 1. The topological polar surface area (TPSA) is 15.3 Å². The fraction of sp³-hybridized carbons (Fsp3) is 0.667. The molecule has 1 aliphatic heterocycles. The van der Waals surface area contributed by atoms with E-state index in [0.717, 1.165) is 25.6 Å². The van der Waals surface area contributed by atoms with Crippen LogP contribution in [0.4, 0.5) is 0 Å². The molecule has 1 aromatic carbocycles. The molecule has 1 atom stereocenters. The Morgan fingerprint density at radius 2 is 2.00 bits per heavy atom. The van der Waals surface area contributed by atoms with Gasteiger partial charge in [0, 0.05) is 13.1 Å². The maximum absolute atomic E-state index is 3.41. The van der Waals surface area contributed by atoms with Crippen molar-refractivity contribution in [1.82, 2.24) is 10.2 Å². The molecule has 0 spiro atoms. The van der Waals surface area contributed by atoms with Gasteiger partial charge in [-0.05, 0) is 55.9 Å². The molecular formula is C18H30N2. The Labute approximate surface area is 124 Å². The molecule has 1 aliphatic rings. The van der Waals surface area contributed by atoms with Crippen molar-refractivity contribution in [3.63, 3.8) is 0 Å². The van der Waals surface area contributed by atoms with Crippen molar-refractivity contribution in [3.05, 3.63) is 35.4 Å². The minimum atomic E-state index is 0.958. The van der Waals surface area contributed by atoms with Gasteiger partial charge >= 0.3 is 0 Å². The quantitative estimate of drug-likeness (QED) is 0.848. The Hall–Kier alpha value is -0.860. The van der Waals surface area contributed by atoms with E-state index in [0.29, 0.717) is 0 Å². The van der Waals surface area contributed by atoms with Crippen molar-refractivity contribution in [2.24, 2.45) is 5.92 Å². The minimum absolute atomic E-state index is 0.958. The first-order chi connectivity index (χ1) is 9.81. The highest BCUT2D eigenvalue weighted by atomic mass is 15.1. The highest BCUT2D eigenvalue weighted by Crippen LogP contribution is 2.21. The number of rotatable bonds is 6. The van der Waals surface area contributed by atoms with Crippen molar-refractivity contribution in [3.8, 4) is 0 Å². The van der Waals surface area contributed by atoms with Crippen LogP contribution in [0.2, 0.25) is 0 Å². The van der Waals surface area contributed by atoms with Crippen molar-refractivity contribution >= 4 is 0 Å². The van der Waals surface area contributed by atoms with Crippen molar-refractivity contribution in [2.45, 2.75) is 52.6 Å². The van der Waals surface area contributed by atoms with Gasteiger partial charge in [0.15, 0.2) is 0 Å². The Balaban J connectivity index is 1.88. The van der Waals surface area contributed by atoms with Crippen LogP contribution < -0.4 is 5.32 Å². The highest BCUT2D eigenvalue weighted by molar-refractivity contribution is 5.23. The molecule has 1 saturated heterocycles. The fourth-order valence-corrected chi connectivity index (χ4v) is 3.16. The average Bonchev–Trinajstić information content (AvgIpc) is 2.71. The van der Waals surface area contributed by atoms with E-state index in [-0.39, 0.29) is 0 Å². The van der Waals surface area contributed by atoms with Gasteiger partial charge in [0.2, 0.25) is 0 Å². The van der Waals surface area contributed by atoms with Gasteiger partial charge < -0.3 is 5.32 Å². The molecule has 112 valence electrons. The number of likely N-dealkylation sites (tertiary alicyclic amines) is 1. The lowest BCUT2D eigenvalue weighted by molar-refractivity contribution is 0.272. The fourth-order valence-electron chi connectivity index (χ4n) is 3.16. The number of hydrogen-bond acceptors (Lipinski definition) is 2. The summed E-state index contributed by atoms with van der Waals surface area (Å²) in [4.78, 5) is 2.64. The largest absolute Gasteiger partial charge is 0.313 e. The molecule has 0 saturated carbocycles. The van der Waals surface area contributed by atoms with Crippen molar-refractivity contribution < 1.29 is 0 Å². The standard InChI is InChI=1S/C18H30N2/c1-3-16-9-6-11-20(12-10-16)15-18-8-5-7-17(13-18)14-19-4-2/h5,7-8,13,16,19H,3-4,6,9-12,14-15H2,1-2H3. The predicted molar refractivity (Wildman–Crippen MR) is 86.7 cm³/mol. The summed E-state index contributed by atoms with van der Waals surface area (Å²) in [6, 6.07) is 9.07. The Morgan fingerprint density at radius 1 is 1.15 bits per heavy atom. The lowest BCUT2D eigenvalue weighted by atomic mass is 9.98. The first-order valence-corrected chi connectivity index (χ1v) is 8.32. The maximum Gasteiger partial charge on any atom is 0.0233 e. The third-order valence-electron chi connectivity index (χ3n) is 4.49. The van der Waals surface area contributed by atoms with Gasteiger partial charge in [0.1, 0.15) is 0 Å². The van der Waals surface area contributed by atoms with Gasteiger partial charge in [0.25, 0.3) is 0 Å². The molecule has 0 aliphatic carbocycles. The maximum atomic E-state index is 3.41. The lowest BCUT2D eigenvalue weighted by Gasteiger charge is -2.20. The summed E-state index contributed by atoms with van der Waals surface area (Å²) in [6.45, 7) is 10.2. The number of benzene rings is 1. The molecule has 1 unspecified atom stereocenters. The van der Waals surface area contributed by atoms with E-state index < -0.39 is 0 Å². The van der Waals surface area contributed by atoms with Crippen LogP contribution in [-0.4, -0.2) is 24.5 Å². The van der Waals surface area contributed by atoms with Gasteiger partial charge in [-0.3, -0.25) is 4.90 Å². The summed E-state index contributed by atoms with van der Waals surface area (Å²) >= 11 is 0. The molecule has 0 bridgehead atoms. The molecular weight excluding hydrogens is 244 g/mol. The van der Waals surface area contributed by atoms with Crippen LogP contribution in [0.5, 0.6) is 0 Å². The Bertz CT molecular complexity index is 389. The second-order valence-electron chi connectivity index (χ2n) is 6.08. The van der Waals surface area contributed by atoms with Gasteiger partial charge in [-0.2, -0.15) is 0 Å². The van der Waals surface area contributed by atoms with Crippen molar-refractivity contribution in [1.29, 1.82) is 0 Å². The molecule has 1 fully saturated rings. The monoisotopic (exact) mass is 274 g/mol. The Morgan fingerprint density at radius 3 is 2.80 bits per heavy atom. The summed E-state index contributed by atoms with van der Waals surface area (Å²) < 4.78 is 0. The van der Waals surface area contributed by atoms with Crippen LogP contribution in [0, 0.1) is 5.92 Å². The SMILES string of the molecule is CCNCc1cccc(CN2CCCC(CC)CC2)c1. The van der Waals surface area contributed by atoms with Crippen LogP contribution in [0.15, 0.2) is 24.3 Å². The van der Waals surface area contributed by atoms with Crippen molar-refractivity contribution in [2.75, 3.05) is 19.6 Å². The molecule has 1 N–H and O–H groups in total. The zero-order valence-electron chi connectivity index (χ0n) is 13.2.